The van der Waals surface area contributed by atoms with Gasteiger partial charge in [0.25, 0.3) is 0 Å². The van der Waals surface area contributed by atoms with Gasteiger partial charge in [-0.25, -0.2) is 0 Å². The Morgan fingerprint density at radius 1 is 0.926 bits per heavy atom. The highest BCUT2D eigenvalue weighted by atomic mass is 16.5. The zero-order chi connectivity index (χ0) is 18.6. The second-order valence-corrected chi connectivity index (χ2v) is 6.40. The number of rotatable bonds is 6. The largest absolute Gasteiger partial charge is 0.489 e. The smallest absolute Gasteiger partial charge is 0.307 e. The summed E-state index contributed by atoms with van der Waals surface area (Å²) in [7, 11) is 0. The Labute approximate surface area is 157 Å². The van der Waals surface area contributed by atoms with Crippen molar-refractivity contribution in [3.8, 4) is 17.0 Å². The summed E-state index contributed by atoms with van der Waals surface area (Å²) in [6.45, 7) is 0.485. The molecule has 2 N–H and O–H groups in total. The maximum atomic E-state index is 11.4. The van der Waals surface area contributed by atoms with Crippen molar-refractivity contribution in [2.24, 2.45) is 0 Å². The molecular formula is C23H19NO3. The average molecular weight is 357 g/mol. The molecule has 1 aromatic heterocycles. The Bertz CT molecular complexity index is 1080. The molecule has 3 aromatic carbocycles. The van der Waals surface area contributed by atoms with E-state index in [4.69, 9.17) is 4.74 Å². The minimum Gasteiger partial charge on any atom is -0.489 e. The molecule has 0 fully saturated rings. The zero-order valence-corrected chi connectivity index (χ0v) is 14.7. The number of hydrogen-bond donors (Lipinski definition) is 2. The molecule has 134 valence electrons. The van der Waals surface area contributed by atoms with Gasteiger partial charge in [0.05, 0.1) is 12.1 Å². The van der Waals surface area contributed by atoms with Gasteiger partial charge in [0.2, 0.25) is 0 Å². The molecule has 4 heteroatoms. The molecule has 0 unspecified atom stereocenters. The summed E-state index contributed by atoms with van der Waals surface area (Å²) >= 11 is 0. The molecular weight excluding hydrogens is 338 g/mol. The van der Waals surface area contributed by atoms with Crippen LogP contribution in [0.4, 0.5) is 0 Å². The Hall–Kier alpha value is -3.53. The predicted molar refractivity (Wildman–Crippen MR) is 106 cm³/mol. The van der Waals surface area contributed by atoms with E-state index in [9.17, 15) is 9.90 Å². The van der Waals surface area contributed by atoms with Crippen LogP contribution in [0, 0.1) is 0 Å². The second-order valence-electron chi connectivity index (χ2n) is 6.40. The predicted octanol–water partition coefficient (Wildman–Crippen LogP) is 5.04. The van der Waals surface area contributed by atoms with Gasteiger partial charge in [-0.3, -0.25) is 4.79 Å². The average Bonchev–Trinajstić information content (AvgIpc) is 3.05. The van der Waals surface area contributed by atoms with Crippen LogP contribution in [0.15, 0.2) is 78.9 Å². The monoisotopic (exact) mass is 357 g/mol. The van der Waals surface area contributed by atoms with E-state index >= 15 is 0 Å². The fourth-order valence-corrected chi connectivity index (χ4v) is 3.26. The standard InChI is InChI=1S/C23H19NO3/c25-22(26)14-20-19-11-4-5-12-21(19)24-23(20)17-9-6-10-18(13-17)27-15-16-7-2-1-3-8-16/h1-13,24H,14-15H2,(H,25,26). The van der Waals surface area contributed by atoms with Gasteiger partial charge in [0, 0.05) is 16.5 Å². The number of carboxylic acids is 1. The number of para-hydroxylation sites is 1. The first-order chi connectivity index (χ1) is 13.2. The summed E-state index contributed by atoms with van der Waals surface area (Å²) in [6.07, 6.45) is -0.0333. The number of fused-ring (bicyclic) bond motifs is 1. The molecule has 4 rings (SSSR count). The Kier molecular flexibility index (Phi) is 4.62. The Morgan fingerprint density at radius 2 is 1.70 bits per heavy atom. The summed E-state index contributed by atoms with van der Waals surface area (Å²) in [6, 6.07) is 25.5. The lowest BCUT2D eigenvalue weighted by atomic mass is 10.0. The highest BCUT2D eigenvalue weighted by Gasteiger charge is 2.16. The van der Waals surface area contributed by atoms with E-state index in [-0.39, 0.29) is 6.42 Å². The van der Waals surface area contributed by atoms with Crippen molar-refractivity contribution in [3.05, 3.63) is 90.0 Å². The van der Waals surface area contributed by atoms with Crippen LogP contribution in [0.3, 0.4) is 0 Å². The van der Waals surface area contributed by atoms with Crippen LogP contribution in [0.1, 0.15) is 11.1 Å². The van der Waals surface area contributed by atoms with E-state index in [0.717, 1.165) is 39.0 Å². The fraction of sp³-hybridized carbons (Fsp3) is 0.0870. The number of aromatic nitrogens is 1. The number of carboxylic acid groups (broad SMARTS) is 1. The lowest BCUT2D eigenvalue weighted by molar-refractivity contribution is -0.136. The number of aliphatic carboxylic acids is 1. The van der Waals surface area contributed by atoms with Gasteiger partial charge in [0.15, 0.2) is 0 Å². The summed E-state index contributed by atoms with van der Waals surface area (Å²) in [5.41, 5.74) is 4.55. The van der Waals surface area contributed by atoms with Crippen LogP contribution >= 0.6 is 0 Å². The van der Waals surface area contributed by atoms with Crippen molar-refractivity contribution in [2.75, 3.05) is 0 Å². The first-order valence-electron chi connectivity index (χ1n) is 8.79. The maximum Gasteiger partial charge on any atom is 0.307 e. The zero-order valence-electron chi connectivity index (χ0n) is 14.7. The van der Waals surface area contributed by atoms with Gasteiger partial charge in [-0.05, 0) is 29.3 Å². The molecule has 0 saturated carbocycles. The van der Waals surface area contributed by atoms with Crippen LogP contribution < -0.4 is 4.74 Å². The second kappa shape index (κ2) is 7.38. The van der Waals surface area contributed by atoms with Crippen LogP contribution in [-0.4, -0.2) is 16.1 Å². The van der Waals surface area contributed by atoms with Crippen molar-refractivity contribution in [1.82, 2.24) is 4.98 Å². The van der Waals surface area contributed by atoms with Crippen molar-refractivity contribution in [2.45, 2.75) is 13.0 Å². The van der Waals surface area contributed by atoms with E-state index in [2.05, 4.69) is 4.98 Å². The highest BCUT2D eigenvalue weighted by Crippen LogP contribution is 2.32. The molecule has 0 saturated heterocycles. The molecule has 4 nitrogen and oxygen atoms in total. The quantitative estimate of drug-likeness (QED) is 0.508. The van der Waals surface area contributed by atoms with Crippen molar-refractivity contribution < 1.29 is 14.6 Å². The number of benzene rings is 3. The molecule has 0 aliphatic heterocycles. The lowest BCUT2D eigenvalue weighted by Crippen LogP contribution is -2.01. The minimum absolute atomic E-state index is 0.0333. The van der Waals surface area contributed by atoms with Crippen molar-refractivity contribution in [3.63, 3.8) is 0 Å². The summed E-state index contributed by atoms with van der Waals surface area (Å²) in [4.78, 5) is 14.7. The van der Waals surface area contributed by atoms with E-state index < -0.39 is 5.97 Å². The molecule has 0 aliphatic rings. The van der Waals surface area contributed by atoms with Crippen LogP contribution in [-0.2, 0) is 17.8 Å². The van der Waals surface area contributed by atoms with Gasteiger partial charge in [-0.15, -0.1) is 0 Å². The number of carbonyl (C=O) groups is 1. The summed E-state index contributed by atoms with van der Waals surface area (Å²) < 4.78 is 5.92. The SMILES string of the molecule is O=C(O)Cc1c(-c2cccc(OCc3ccccc3)c2)[nH]c2ccccc12. The Morgan fingerprint density at radius 3 is 2.52 bits per heavy atom. The normalized spacial score (nSPS) is 10.8. The first kappa shape index (κ1) is 16.9. The molecule has 0 aliphatic carbocycles. The van der Waals surface area contributed by atoms with E-state index in [1.54, 1.807) is 0 Å². The Balaban J connectivity index is 1.68. The fourth-order valence-electron chi connectivity index (χ4n) is 3.26. The number of hydrogen-bond acceptors (Lipinski definition) is 2. The topological polar surface area (TPSA) is 62.3 Å². The molecule has 0 spiro atoms. The highest BCUT2D eigenvalue weighted by molar-refractivity contribution is 5.94. The number of H-pyrrole nitrogens is 1. The van der Waals surface area contributed by atoms with Crippen LogP contribution in [0.2, 0.25) is 0 Å². The third kappa shape index (κ3) is 3.70. The maximum absolute atomic E-state index is 11.4. The van der Waals surface area contributed by atoms with E-state index in [1.165, 1.54) is 0 Å². The molecule has 4 aromatic rings. The van der Waals surface area contributed by atoms with Crippen molar-refractivity contribution in [1.29, 1.82) is 0 Å². The number of nitrogens with one attached hydrogen (secondary N) is 1. The lowest BCUT2D eigenvalue weighted by Gasteiger charge is -2.09. The van der Waals surface area contributed by atoms with Crippen molar-refractivity contribution >= 4 is 16.9 Å². The molecule has 0 bridgehead atoms. The molecule has 27 heavy (non-hydrogen) atoms. The van der Waals surface area contributed by atoms with Crippen LogP contribution in [0.25, 0.3) is 22.2 Å². The third-order valence-electron chi connectivity index (χ3n) is 4.51. The van der Waals surface area contributed by atoms with Gasteiger partial charge in [-0.1, -0.05) is 60.7 Å². The van der Waals surface area contributed by atoms with E-state index in [1.807, 2.05) is 78.9 Å². The molecule has 0 atom stereocenters. The number of ether oxygens (including phenoxy) is 1. The van der Waals surface area contributed by atoms with Gasteiger partial charge < -0.3 is 14.8 Å². The summed E-state index contributed by atoms with van der Waals surface area (Å²) in [5, 5.41) is 10.3. The minimum atomic E-state index is -0.850. The van der Waals surface area contributed by atoms with E-state index in [0.29, 0.717) is 6.61 Å². The van der Waals surface area contributed by atoms with Gasteiger partial charge in [0.1, 0.15) is 12.4 Å². The first-order valence-corrected chi connectivity index (χ1v) is 8.79. The number of aromatic amines is 1. The molecule has 1 heterocycles. The summed E-state index contributed by atoms with van der Waals surface area (Å²) in [5.74, 6) is -0.103. The van der Waals surface area contributed by atoms with Gasteiger partial charge in [-0.2, -0.15) is 0 Å². The molecule has 0 radical (unpaired) electrons. The third-order valence-corrected chi connectivity index (χ3v) is 4.51. The van der Waals surface area contributed by atoms with Gasteiger partial charge >= 0.3 is 5.97 Å². The molecule has 0 amide bonds. The van der Waals surface area contributed by atoms with Crippen LogP contribution in [0.5, 0.6) is 5.75 Å².